The number of halogens is 1. The second-order valence-corrected chi connectivity index (χ2v) is 4.68. The van der Waals surface area contributed by atoms with Gasteiger partial charge in [-0.05, 0) is 48.4 Å². The van der Waals surface area contributed by atoms with Crippen molar-refractivity contribution in [1.82, 2.24) is 5.32 Å². The van der Waals surface area contributed by atoms with Crippen molar-refractivity contribution in [3.8, 4) is 17.2 Å². The Morgan fingerprint density at radius 3 is 2.70 bits per heavy atom. The maximum absolute atomic E-state index is 13.8. The number of benzene rings is 2. The lowest BCUT2D eigenvalue weighted by Crippen LogP contribution is -2.14. The highest BCUT2D eigenvalue weighted by atomic mass is 19.1. The summed E-state index contributed by atoms with van der Waals surface area (Å²) >= 11 is 0. The van der Waals surface area contributed by atoms with Crippen LogP contribution in [0.2, 0.25) is 0 Å². The summed E-state index contributed by atoms with van der Waals surface area (Å²) in [5.74, 6) is -0.200. The highest BCUT2D eigenvalue weighted by molar-refractivity contribution is 5.66. The molecule has 102 valence electrons. The van der Waals surface area contributed by atoms with E-state index in [1.165, 1.54) is 6.07 Å². The second-order valence-electron chi connectivity index (χ2n) is 4.68. The summed E-state index contributed by atoms with van der Waals surface area (Å²) in [5.41, 5.74) is 3.12. The molecule has 2 aromatic rings. The lowest BCUT2D eigenvalue weighted by molar-refractivity contribution is 0.587. The largest absolute Gasteiger partial charge is 0.313 e. The topological polar surface area (TPSA) is 35.8 Å². The SMILES string of the molecule is CCCNCc1cc(-c2cccc(C#N)c2)ccc1F. The lowest BCUT2D eigenvalue weighted by atomic mass is 10.0. The van der Waals surface area contributed by atoms with E-state index in [1.807, 2.05) is 24.3 Å². The molecule has 0 aliphatic heterocycles. The first-order valence-electron chi connectivity index (χ1n) is 6.74. The zero-order valence-corrected chi connectivity index (χ0v) is 11.5. The Kier molecular flexibility index (Phi) is 4.86. The van der Waals surface area contributed by atoms with E-state index in [-0.39, 0.29) is 5.82 Å². The maximum Gasteiger partial charge on any atom is 0.127 e. The molecule has 1 N–H and O–H groups in total. The van der Waals surface area contributed by atoms with E-state index in [1.54, 1.807) is 12.1 Å². The van der Waals surface area contributed by atoms with Crippen molar-refractivity contribution in [3.63, 3.8) is 0 Å². The average Bonchev–Trinajstić information content (AvgIpc) is 2.49. The van der Waals surface area contributed by atoms with Crippen molar-refractivity contribution in [2.45, 2.75) is 19.9 Å². The predicted octanol–water partition coefficient (Wildman–Crippen LogP) is 3.86. The van der Waals surface area contributed by atoms with E-state index in [9.17, 15) is 4.39 Å². The van der Waals surface area contributed by atoms with Crippen LogP contribution in [0.3, 0.4) is 0 Å². The van der Waals surface area contributed by atoms with Crippen LogP contribution in [0, 0.1) is 17.1 Å². The van der Waals surface area contributed by atoms with Crippen LogP contribution in [0.5, 0.6) is 0 Å². The van der Waals surface area contributed by atoms with Gasteiger partial charge in [-0.2, -0.15) is 5.26 Å². The molecule has 0 heterocycles. The molecule has 0 unspecified atom stereocenters. The van der Waals surface area contributed by atoms with E-state index in [2.05, 4.69) is 18.3 Å². The number of nitriles is 1. The van der Waals surface area contributed by atoms with Crippen molar-refractivity contribution < 1.29 is 4.39 Å². The molecular formula is C17H17FN2. The summed E-state index contributed by atoms with van der Waals surface area (Å²) < 4.78 is 13.8. The van der Waals surface area contributed by atoms with Crippen LogP contribution in [-0.2, 0) is 6.54 Å². The molecule has 3 heteroatoms. The molecule has 0 spiro atoms. The average molecular weight is 268 g/mol. The molecule has 0 radical (unpaired) electrons. The molecule has 0 aliphatic rings. The summed E-state index contributed by atoms with van der Waals surface area (Å²) in [6.07, 6.45) is 1.02. The van der Waals surface area contributed by atoms with Crippen molar-refractivity contribution >= 4 is 0 Å². The standard InChI is InChI=1S/C17H17FN2/c1-2-8-20-12-16-10-15(6-7-17(16)18)14-5-3-4-13(9-14)11-19/h3-7,9-10,20H,2,8,12H2,1H3. The third kappa shape index (κ3) is 3.43. The minimum atomic E-state index is -0.200. The smallest absolute Gasteiger partial charge is 0.127 e. The van der Waals surface area contributed by atoms with Gasteiger partial charge in [-0.15, -0.1) is 0 Å². The normalized spacial score (nSPS) is 10.2. The molecule has 0 amide bonds. The first-order chi connectivity index (χ1) is 9.74. The molecule has 2 rings (SSSR count). The van der Waals surface area contributed by atoms with Gasteiger partial charge in [0.1, 0.15) is 5.82 Å². The minimum absolute atomic E-state index is 0.200. The first-order valence-corrected chi connectivity index (χ1v) is 6.74. The third-order valence-corrected chi connectivity index (χ3v) is 3.11. The molecule has 0 saturated carbocycles. The van der Waals surface area contributed by atoms with Crippen molar-refractivity contribution in [3.05, 3.63) is 59.4 Å². The molecule has 0 bridgehead atoms. The number of hydrogen-bond donors (Lipinski definition) is 1. The first kappa shape index (κ1) is 14.2. The van der Waals surface area contributed by atoms with E-state index >= 15 is 0 Å². The molecule has 20 heavy (non-hydrogen) atoms. The Morgan fingerprint density at radius 1 is 1.15 bits per heavy atom. The van der Waals surface area contributed by atoms with E-state index in [4.69, 9.17) is 5.26 Å². The fourth-order valence-electron chi connectivity index (χ4n) is 2.06. The molecule has 0 aliphatic carbocycles. The van der Waals surface area contributed by atoms with Gasteiger partial charge >= 0.3 is 0 Å². The lowest BCUT2D eigenvalue weighted by Gasteiger charge is -2.08. The maximum atomic E-state index is 13.8. The fourth-order valence-corrected chi connectivity index (χ4v) is 2.06. The van der Waals surface area contributed by atoms with Gasteiger partial charge in [0.15, 0.2) is 0 Å². The van der Waals surface area contributed by atoms with Crippen LogP contribution in [-0.4, -0.2) is 6.54 Å². The van der Waals surface area contributed by atoms with Crippen LogP contribution < -0.4 is 5.32 Å². The van der Waals surface area contributed by atoms with Gasteiger partial charge in [0, 0.05) is 12.1 Å². The van der Waals surface area contributed by atoms with Gasteiger partial charge in [-0.1, -0.05) is 25.1 Å². The van der Waals surface area contributed by atoms with Crippen LogP contribution in [0.4, 0.5) is 4.39 Å². The molecule has 2 nitrogen and oxygen atoms in total. The summed E-state index contributed by atoms with van der Waals surface area (Å²) in [5, 5.41) is 12.1. The Labute approximate surface area is 118 Å². The van der Waals surface area contributed by atoms with Gasteiger partial charge in [-0.3, -0.25) is 0 Å². The highest BCUT2D eigenvalue weighted by Crippen LogP contribution is 2.23. The van der Waals surface area contributed by atoms with Gasteiger partial charge in [-0.25, -0.2) is 4.39 Å². The van der Waals surface area contributed by atoms with Gasteiger partial charge < -0.3 is 5.32 Å². The Bertz CT molecular complexity index is 629. The molecule has 0 fully saturated rings. The van der Waals surface area contributed by atoms with Gasteiger partial charge in [0.25, 0.3) is 0 Å². The molecule has 2 aromatic carbocycles. The van der Waals surface area contributed by atoms with Gasteiger partial charge in [0.05, 0.1) is 11.6 Å². The Hall–Kier alpha value is -2.18. The molecule has 0 atom stereocenters. The van der Waals surface area contributed by atoms with E-state index in [0.717, 1.165) is 24.1 Å². The zero-order chi connectivity index (χ0) is 14.4. The Balaban J connectivity index is 2.28. The van der Waals surface area contributed by atoms with Crippen LogP contribution in [0.15, 0.2) is 42.5 Å². The van der Waals surface area contributed by atoms with Crippen LogP contribution >= 0.6 is 0 Å². The molecular weight excluding hydrogens is 251 g/mol. The summed E-state index contributed by atoms with van der Waals surface area (Å²) in [7, 11) is 0. The van der Waals surface area contributed by atoms with E-state index in [0.29, 0.717) is 17.7 Å². The number of hydrogen-bond acceptors (Lipinski definition) is 2. The molecule has 0 saturated heterocycles. The minimum Gasteiger partial charge on any atom is -0.313 e. The van der Waals surface area contributed by atoms with Crippen LogP contribution in [0.25, 0.3) is 11.1 Å². The molecule has 0 aromatic heterocycles. The van der Waals surface area contributed by atoms with Crippen molar-refractivity contribution in [2.75, 3.05) is 6.54 Å². The number of nitrogens with zero attached hydrogens (tertiary/aromatic N) is 1. The summed E-state index contributed by atoms with van der Waals surface area (Å²) in [6, 6.07) is 14.5. The Morgan fingerprint density at radius 2 is 1.95 bits per heavy atom. The summed E-state index contributed by atoms with van der Waals surface area (Å²) in [4.78, 5) is 0. The highest BCUT2D eigenvalue weighted by Gasteiger charge is 2.05. The van der Waals surface area contributed by atoms with Crippen molar-refractivity contribution in [2.24, 2.45) is 0 Å². The number of rotatable bonds is 5. The van der Waals surface area contributed by atoms with Gasteiger partial charge in [0.2, 0.25) is 0 Å². The summed E-state index contributed by atoms with van der Waals surface area (Å²) in [6.45, 7) is 3.46. The van der Waals surface area contributed by atoms with Crippen molar-refractivity contribution in [1.29, 1.82) is 5.26 Å². The number of nitrogens with one attached hydrogen (secondary N) is 1. The third-order valence-electron chi connectivity index (χ3n) is 3.11. The predicted molar refractivity (Wildman–Crippen MR) is 78.5 cm³/mol. The second kappa shape index (κ2) is 6.83. The zero-order valence-electron chi connectivity index (χ0n) is 11.5. The van der Waals surface area contributed by atoms with Crippen LogP contribution in [0.1, 0.15) is 24.5 Å². The monoisotopic (exact) mass is 268 g/mol. The van der Waals surface area contributed by atoms with E-state index < -0.39 is 0 Å². The fraction of sp³-hybridized carbons (Fsp3) is 0.235. The quantitative estimate of drug-likeness (QED) is 0.836.